The molecule has 13 heavy (non-hydrogen) atoms. The molecule has 0 spiro atoms. The number of hydrogen-bond acceptors (Lipinski definition) is 2. The van der Waals surface area contributed by atoms with Gasteiger partial charge in [-0.05, 0) is 19.1 Å². The molecule has 2 rings (SSSR count). The predicted molar refractivity (Wildman–Crippen MR) is 56.0 cm³/mol. The van der Waals surface area contributed by atoms with Gasteiger partial charge >= 0.3 is 0 Å². The second-order valence-corrected chi connectivity index (χ2v) is 3.87. The van der Waals surface area contributed by atoms with Crippen LogP contribution in [0.1, 0.15) is 6.99 Å². The third-order valence-corrected chi connectivity index (χ3v) is 2.63. The van der Waals surface area contributed by atoms with Crippen molar-refractivity contribution in [1.82, 2.24) is 9.97 Å². The van der Waals surface area contributed by atoms with Crippen molar-refractivity contribution in [3.05, 3.63) is 42.2 Å². The van der Waals surface area contributed by atoms with Crippen LogP contribution in [0.3, 0.4) is 0 Å². The molecule has 0 fully saturated rings. The Bertz CT molecular complexity index is 370. The van der Waals surface area contributed by atoms with Crippen molar-refractivity contribution in [2.24, 2.45) is 0 Å². The van der Waals surface area contributed by atoms with E-state index in [1.165, 1.54) is 10.5 Å². The normalized spacial score (nSPS) is 10.2. The van der Waals surface area contributed by atoms with Gasteiger partial charge in [0.2, 0.25) is 0 Å². The van der Waals surface area contributed by atoms with E-state index in [1.54, 1.807) is 18.0 Å². The molecule has 1 N–H and O–H groups in total. The molecular formula is C10H12N2S. The molecule has 2 aromatic rings. The van der Waals surface area contributed by atoms with Crippen molar-refractivity contribution in [3.63, 3.8) is 0 Å². The smallest absolute Gasteiger partial charge is 0.170 e. The van der Waals surface area contributed by atoms with Gasteiger partial charge in [-0.1, -0.05) is 29.5 Å². The van der Waals surface area contributed by atoms with Gasteiger partial charge in [0.25, 0.3) is 0 Å². The number of aromatic amines is 1. The van der Waals surface area contributed by atoms with Gasteiger partial charge in [-0.25, -0.2) is 4.98 Å². The zero-order valence-corrected chi connectivity index (χ0v) is 8.14. The fourth-order valence-electron chi connectivity index (χ4n) is 1.02. The second kappa shape index (κ2) is 3.66. The average Bonchev–Trinajstić information content (AvgIpc) is 2.62. The van der Waals surface area contributed by atoms with E-state index in [1.807, 2.05) is 6.20 Å². The lowest BCUT2D eigenvalue weighted by Crippen LogP contribution is -1.76. The van der Waals surface area contributed by atoms with E-state index in [2.05, 4.69) is 41.2 Å². The van der Waals surface area contributed by atoms with E-state index in [9.17, 15) is 0 Å². The quantitative estimate of drug-likeness (QED) is 0.792. The van der Waals surface area contributed by atoms with Gasteiger partial charge < -0.3 is 4.98 Å². The highest BCUT2D eigenvalue weighted by Crippen LogP contribution is 2.23. The van der Waals surface area contributed by atoms with Gasteiger partial charge in [0, 0.05) is 18.7 Å². The highest BCUT2D eigenvalue weighted by atomic mass is 32.2. The standard InChI is InChI=1S/C10H10N2S.H2/c1-8-2-4-9(5-3-8)13-10-11-6-7-12-10;/h2-7H,1H3,(H,11,12);1H. The third kappa shape index (κ3) is 2.12. The highest BCUT2D eigenvalue weighted by molar-refractivity contribution is 7.99. The van der Waals surface area contributed by atoms with Crippen LogP contribution in [0.5, 0.6) is 0 Å². The number of imidazole rings is 1. The molecule has 0 unspecified atom stereocenters. The van der Waals surface area contributed by atoms with Crippen molar-refractivity contribution >= 4 is 11.8 Å². The van der Waals surface area contributed by atoms with Crippen molar-refractivity contribution in [1.29, 1.82) is 0 Å². The lowest BCUT2D eigenvalue weighted by molar-refractivity contribution is 1.06. The third-order valence-electron chi connectivity index (χ3n) is 1.71. The van der Waals surface area contributed by atoms with Crippen LogP contribution < -0.4 is 0 Å². The number of nitrogens with one attached hydrogen (secondary N) is 1. The predicted octanol–water partition coefficient (Wildman–Crippen LogP) is 3.12. The number of aryl methyl sites for hydroxylation is 1. The van der Waals surface area contributed by atoms with Gasteiger partial charge in [0.15, 0.2) is 5.16 Å². The summed E-state index contributed by atoms with van der Waals surface area (Å²) in [6.45, 7) is 2.08. The Hall–Kier alpha value is -1.22. The van der Waals surface area contributed by atoms with Gasteiger partial charge in [-0.15, -0.1) is 0 Å². The molecule has 0 atom stereocenters. The van der Waals surface area contributed by atoms with E-state index in [0.29, 0.717) is 0 Å². The summed E-state index contributed by atoms with van der Waals surface area (Å²) in [4.78, 5) is 8.40. The Kier molecular flexibility index (Phi) is 2.36. The molecule has 1 heterocycles. The lowest BCUT2D eigenvalue weighted by atomic mass is 10.2. The molecule has 0 aliphatic rings. The summed E-state index contributed by atoms with van der Waals surface area (Å²) in [5.41, 5.74) is 1.28. The molecule has 68 valence electrons. The molecule has 0 saturated carbocycles. The molecule has 1 aromatic carbocycles. The summed E-state index contributed by atoms with van der Waals surface area (Å²) >= 11 is 1.64. The fourth-order valence-corrected chi connectivity index (χ4v) is 1.76. The molecule has 1 aromatic heterocycles. The maximum atomic E-state index is 4.14. The van der Waals surface area contributed by atoms with Crippen LogP contribution in [0.2, 0.25) is 0 Å². The summed E-state index contributed by atoms with van der Waals surface area (Å²) in [5, 5.41) is 0.934. The molecule has 0 radical (unpaired) electrons. The minimum Gasteiger partial charge on any atom is -0.339 e. The van der Waals surface area contributed by atoms with Crippen LogP contribution >= 0.6 is 11.8 Å². The lowest BCUT2D eigenvalue weighted by Gasteiger charge is -1.97. The molecule has 0 saturated heterocycles. The largest absolute Gasteiger partial charge is 0.339 e. The molecule has 3 heteroatoms. The summed E-state index contributed by atoms with van der Waals surface area (Å²) < 4.78 is 0. The Balaban J connectivity index is 0.000000980. The van der Waals surface area contributed by atoms with E-state index < -0.39 is 0 Å². The Labute approximate surface area is 82.9 Å². The van der Waals surface area contributed by atoms with Crippen molar-refractivity contribution in [2.45, 2.75) is 17.0 Å². The van der Waals surface area contributed by atoms with Crippen LogP contribution in [-0.4, -0.2) is 9.97 Å². The Morgan fingerprint density at radius 1 is 1.31 bits per heavy atom. The summed E-state index contributed by atoms with van der Waals surface area (Å²) in [7, 11) is 0. The maximum Gasteiger partial charge on any atom is 0.170 e. The number of benzene rings is 1. The zero-order valence-electron chi connectivity index (χ0n) is 7.32. The monoisotopic (exact) mass is 192 g/mol. The zero-order chi connectivity index (χ0) is 9.10. The van der Waals surface area contributed by atoms with E-state index >= 15 is 0 Å². The first-order chi connectivity index (χ1) is 6.34. The second-order valence-electron chi connectivity index (χ2n) is 2.81. The van der Waals surface area contributed by atoms with Crippen LogP contribution in [0.15, 0.2) is 46.7 Å². The summed E-state index contributed by atoms with van der Waals surface area (Å²) in [6, 6.07) is 8.40. The Morgan fingerprint density at radius 3 is 2.69 bits per heavy atom. The van der Waals surface area contributed by atoms with Gasteiger partial charge in [0.05, 0.1) is 0 Å². The number of nitrogens with zero attached hydrogens (tertiary/aromatic N) is 1. The highest BCUT2D eigenvalue weighted by Gasteiger charge is 1.97. The minimum absolute atomic E-state index is 0. The van der Waals surface area contributed by atoms with Crippen molar-refractivity contribution in [3.8, 4) is 0 Å². The maximum absolute atomic E-state index is 4.14. The molecule has 2 nitrogen and oxygen atoms in total. The number of aromatic nitrogens is 2. The van der Waals surface area contributed by atoms with Gasteiger partial charge in [0.1, 0.15) is 0 Å². The first-order valence-electron chi connectivity index (χ1n) is 4.08. The SMILES string of the molecule is Cc1ccc(Sc2ncc[nH]2)cc1.[HH]. The number of rotatable bonds is 2. The molecule has 0 amide bonds. The van der Waals surface area contributed by atoms with Crippen LogP contribution in [0.4, 0.5) is 0 Å². The Morgan fingerprint density at radius 2 is 2.08 bits per heavy atom. The van der Waals surface area contributed by atoms with Crippen LogP contribution in [-0.2, 0) is 0 Å². The minimum atomic E-state index is 0. The van der Waals surface area contributed by atoms with E-state index in [4.69, 9.17) is 0 Å². The average molecular weight is 192 g/mol. The van der Waals surface area contributed by atoms with Gasteiger partial charge in [-0.3, -0.25) is 0 Å². The topological polar surface area (TPSA) is 28.7 Å². The molecule has 0 aliphatic carbocycles. The van der Waals surface area contributed by atoms with Crippen molar-refractivity contribution < 1.29 is 1.43 Å². The van der Waals surface area contributed by atoms with E-state index in [0.717, 1.165) is 5.16 Å². The summed E-state index contributed by atoms with van der Waals surface area (Å²) in [5.74, 6) is 0. The van der Waals surface area contributed by atoms with Crippen LogP contribution in [0, 0.1) is 6.92 Å². The first kappa shape index (κ1) is 8.38. The fraction of sp³-hybridized carbons (Fsp3) is 0.100. The number of H-pyrrole nitrogens is 1. The van der Waals surface area contributed by atoms with Gasteiger partial charge in [-0.2, -0.15) is 0 Å². The molecule has 0 aliphatic heterocycles. The van der Waals surface area contributed by atoms with Crippen molar-refractivity contribution in [2.75, 3.05) is 0 Å². The van der Waals surface area contributed by atoms with Crippen LogP contribution in [0.25, 0.3) is 0 Å². The molecule has 0 bridgehead atoms. The summed E-state index contributed by atoms with van der Waals surface area (Å²) in [6.07, 6.45) is 3.59. The van der Waals surface area contributed by atoms with E-state index in [-0.39, 0.29) is 1.43 Å². The number of hydrogen-bond donors (Lipinski definition) is 1. The first-order valence-corrected chi connectivity index (χ1v) is 4.90. The molecular weight excluding hydrogens is 180 g/mol.